The molecule has 0 aliphatic carbocycles. The molecule has 0 N–H and O–H groups in total. The Morgan fingerprint density at radius 1 is 1.20 bits per heavy atom. The van der Waals surface area contributed by atoms with E-state index in [0.717, 1.165) is 17.5 Å². The Hall–Kier alpha value is -1.83. The largest absolute Gasteiger partial charge is 0.341 e. The Kier molecular flexibility index (Phi) is 2.42. The molecule has 2 rings (SSSR count). The van der Waals surface area contributed by atoms with Crippen LogP contribution in [0.15, 0.2) is 36.4 Å². The second-order valence-corrected chi connectivity index (χ2v) is 3.69. The van der Waals surface area contributed by atoms with E-state index in [4.69, 9.17) is 0 Å². The van der Waals surface area contributed by atoms with Crippen LogP contribution in [-0.2, 0) is 7.05 Å². The molecule has 0 spiro atoms. The van der Waals surface area contributed by atoms with Gasteiger partial charge in [0.2, 0.25) is 0 Å². The van der Waals surface area contributed by atoms with Crippen molar-refractivity contribution in [3.8, 4) is 11.3 Å². The van der Waals surface area contributed by atoms with Gasteiger partial charge in [-0.3, -0.25) is 4.79 Å². The van der Waals surface area contributed by atoms with Crippen molar-refractivity contribution in [1.29, 1.82) is 0 Å². The molecule has 0 unspecified atom stereocenters. The molecule has 0 saturated heterocycles. The minimum atomic E-state index is 0.700. The van der Waals surface area contributed by atoms with Gasteiger partial charge < -0.3 is 4.57 Å². The number of aldehydes is 1. The van der Waals surface area contributed by atoms with Gasteiger partial charge in [0, 0.05) is 12.7 Å². The zero-order valence-electron chi connectivity index (χ0n) is 8.90. The fourth-order valence-electron chi connectivity index (χ4n) is 1.74. The molecule has 15 heavy (non-hydrogen) atoms. The van der Waals surface area contributed by atoms with Crippen LogP contribution in [-0.4, -0.2) is 10.9 Å². The van der Waals surface area contributed by atoms with Gasteiger partial charge in [-0.1, -0.05) is 23.8 Å². The molecule has 76 valence electrons. The van der Waals surface area contributed by atoms with Crippen LogP contribution >= 0.6 is 0 Å². The maximum atomic E-state index is 10.7. The van der Waals surface area contributed by atoms with Gasteiger partial charge in [-0.05, 0) is 30.7 Å². The van der Waals surface area contributed by atoms with Gasteiger partial charge in [0.1, 0.15) is 0 Å². The molecule has 1 aromatic carbocycles. The molecule has 0 saturated carbocycles. The molecule has 0 aliphatic rings. The van der Waals surface area contributed by atoms with E-state index < -0.39 is 0 Å². The number of nitrogens with zero attached hydrogens (tertiary/aromatic N) is 1. The van der Waals surface area contributed by atoms with E-state index in [0.29, 0.717) is 5.69 Å². The number of carbonyl (C=O) groups excluding carboxylic acids is 1. The van der Waals surface area contributed by atoms with E-state index in [9.17, 15) is 4.79 Å². The molecule has 1 aromatic heterocycles. The van der Waals surface area contributed by atoms with Crippen molar-refractivity contribution in [3.05, 3.63) is 47.7 Å². The van der Waals surface area contributed by atoms with Crippen LogP contribution in [0, 0.1) is 6.92 Å². The van der Waals surface area contributed by atoms with Crippen LogP contribution in [0.25, 0.3) is 11.3 Å². The van der Waals surface area contributed by atoms with E-state index in [2.05, 4.69) is 25.1 Å². The third-order valence-corrected chi connectivity index (χ3v) is 2.60. The number of benzene rings is 1. The first-order valence-electron chi connectivity index (χ1n) is 4.90. The van der Waals surface area contributed by atoms with Gasteiger partial charge in [-0.15, -0.1) is 0 Å². The minimum absolute atomic E-state index is 0.700. The fraction of sp³-hybridized carbons (Fsp3) is 0.154. The number of aryl methyl sites for hydroxylation is 1. The monoisotopic (exact) mass is 199 g/mol. The van der Waals surface area contributed by atoms with Crippen LogP contribution in [0.5, 0.6) is 0 Å². The minimum Gasteiger partial charge on any atom is -0.341 e. The highest BCUT2D eigenvalue weighted by atomic mass is 16.1. The van der Waals surface area contributed by atoms with E-state index in [1.807, 2.05) is 29.8 Å². The average Bonchev–Trinajstić information content (AvgIpc) is 2.59. The Morgan fingerprint density at radius 3 is 2.60 bits per heavy atom. The lowest BCUT2D eigenvalue weighted by Crippen LogP contribution is -1.96. The van der Waals surface area contributed by atoms with Crippen LogP contribution in [0.4, 0.5) is 0 Å². The molecule has 0 aliphatic heterocycles. The maximum Gasteiger partial charge on any atom is 0.166 e. The lowest BCUT2D eigenvalue weighted by atomic mass is 10.1. The van der Waals surface area contributed by atoms with E-state index in [-0.39, 0.29) is 0 Å². The van der Waals surface area contributed by atoms with Gasteiger partial charge in [0.05, 0.1) is 5.69 Å². The summed E-state index contributed by atoms with van der Waals surface area (Å²) in [6.45, 7) is 2.06. The molecule has 2 aromatic rings. The van der Waals surface area contributed by atoms with Crippen molar-refractivity contribution in [2.45, 2.75) is 6.92 Å². The highest BCUT2D eigenvalue weighted by molar-refractivity contribution is 5.76. The number of rotatable bonds is 2. The summed E-state index contributed by atoms with van der Waals surface area (Å²) in [6.07, 6.45) is 0.874. The first-order chi connectivity index (χ1) is 7.22. The Balaban J connectivity index is 2.54. The van der Waals surface area contributed by atoms with Crippen LogP contribution in [0.1, 0.15) is 16.1 Å². The van der Waals surface area contributed by atoms with Crippen molar-refractivity contribution in [2.24, 2.45) is 7.05 Å². The van der Waals surface area contributed by atoms with Gasteiger partial charge in [0.25, 0.3) is 0 Å². The first-order valence-corrected chi connectivity index (χ1v) is 4.90. The molecule has 0 bridgehead atoms. The summed E-state index contributed by atoms with van der Waals surface area (Å²) in [6, 6.07) is 12.1. The number of carbonyl (C=O) groups is 1. The van der Waals surface area contributed by atoms with Crippen molar-refractivity contribution in [2.75, 3.05) is 0 Å². The highest BCUT2D eigenvalue weighted by Gasteiger charge is 2.05. The summed E-state index contributed by atoms with van der Waals surface area (Å²) in [5.74, 6) is 0. The molecule has 0 fully saturated rings. The predicted octanol–water partition coefficient (Wildman–Crippen LogP) is 2.81. The van der Waals surface area contributed by atoms with Gasteiger partial charge in [-0.25, -0.2) is 0 Å². The lowest BCUT2D eigenvalue weighted by Gasteiger charge is -2.05. The van der Waals surface area contributed by atoms with Crippen molar-refractivity contribution >= 4 is 6.29 Å². The molecule has 2 nitrogen and oxygen atoms in total. The topological polar surface area (TPSA) is 22.0 Å². The maximum absolute atomic E-state index is 10.7. The molecule has 0 amide bonds. The lowest BCUT2D eigenvalue weighted by molar-refractivity contribution is 0.111. The Labute approximate surface area is 89.2 Å². The Morgan fingerprint density at radius 2 is 2.00 bits per heavy atom. The van der Waals surface area contributed by atoms with E-state index >= 15 is 0 Å². The predicted molar refractivity (Wildman–Crippen MR) is 61.0 cm³/mol. The molecule has 0 radical (unpaired) electrons. The zero-order valence-corrected chi connectivity index (χ0v) is 8.90. The third-order valence-electron chi connectivity index (χ3n) is 2.60. The zero-order chi connectivity index (χ0) is 10.8. The third kappa shape index (κ3) is 1.71. The number of aromatic nitrogens is 1. The van der Waals surface area contributed by atoms with Crippen molar-refractivity contribution < 1.29 is 4.79 Å². The highest BCUT2D eigenvalue weighted by Crippen LogP contribution is 2.21. The first kappa shape index (κ1) is 9.71. The molecular weight excluding hydrogens is 186 g/mol. The summed E-state index contributed by atoms with van der Waals surface area (Å²) in [7, 11) is 1.90. The molecule has 1 heterocycles. The summed E-state index contributed by atoms with van der Waals surface area (Å²) in [5, 5.41) is 0. The van der Waals surface area contributed by atoms with Gasteiger partial charge in [-0.2, -0.15) is 0 Å². The standard InChI is InChI=1S/C13H13NO/c1-10-4-3-5-11(8-10)13-7-6-12(9-15)14(13)2/h3-9H,1-2H3. The van der Waals surface area contributed by atoms with Crippen LogP contribution in [0.3, 0.4) is 0 Å². The molecule has 2 heteroatoms. The summed E-state index contributed by atoms with van der Waals surface area (Å²) in [5.41, 5.74) is 4.14. The van der Waals surface area contributed by atoms with Crippen LogP contribution in [0.2, 0.25) is 0 Å². The van der Waals surface area contributed by atoms with Gasteiger partial charge >= 0.3 is 0 Å². The average molecular weight is 199 g/mol. The number of hydrogen-bond donors (Lipinski definition) is 0. The second kappa shape index (κ2) is 3.73. The van der Waals surface area contributed by atoms with Crippen molar-refractivity contribution in [3.63, 3.8) is 0 Å². The van der Waals surface area contributed by atoms with E-state index in [1.54, 1.807) is 0 Å². The van der Waals surface area contributed by atoms with Gasteiger partial charge in [0.15, 0.2) is 6.29 Å². The summed E-state index contributed by atoms with van der Waals surface area (Å²) in [4.78, 5) is 10.7. The van der Waals surface area contributed by atoms with Crippen LogP contribution < -0.4 is 0 Å². The second-order valence-electron chi connectivity index (χ2n) is 3.69. The normalized spacial score (nSPS) is 10.3. The molecule has 0 atom stereocenters. The SMILES string of the molecule is Cc1cccc(-c2ccc(C=O)n2C)c1. The summed E-state index contributed by atoms with van der Waals surface area (Å²) >= 11 is 0. The Bertz CT molecular complexity index is 497. The van der Waals surface area contributed by atoms with Crippen molar-refractivity contribution in [1.82, 2.24) is 4.57 Å². The summed E-state index contributed by atoms with van der Waals surface area (Å²) < 4.78 is 1.90. The fourth-order valence-corrected chi connectivity index (χ4v) is 1.74. The smallest absolute Gasteiger partial charge is 0.166 e. The molecular formula is C13H13NO. The van der Waals surface area contributed by atoms with E-state index in [1.165, 1.54) is 5.56 Å². The quantitative estimate of drug-likeness (QED) is 0.682. The number of hydrogen-bond acceptors (Lipinski definition) is 1.